The van der Waals surface area contributed by atoms with E-state index in [1.165, 1.54) is 30.4 Å². The molecule has 3 aliphatic rings. The van der Waals surface area contributed by atoms with E-state index in [4.69, 9.17) is 9.47 Å². The van der Waals surface area contributed by atoms with Gasteiger partial charge in [-0.15, -0.1) is 0 Å². The number of nitrogens with one attached hydrogen (secondary N) is 1. The maximum absolute atomic E-state index is 13.1. The van der Waals surface area contributed by atoms with Gasteiger partial charge in [0.2, 0.25) is 0 Å². The highest BCUT2D eigenvalue weighted by atomic mass is 32.2. The Balaban J connectivity index is 1.59. The molecule has 4 rings (SSSR count). The van der Waals surface area contributed by atoms with Crippen molar-refractivity contribution >= 4 is 49.3 Å². The number of ether oxygens (including phenoxy) is 2. The molecular weight excluding hydrogens is 580 g/mol. The minimum absolute atomic E-state index is 0.0376. The van der Waals surface area contributed by atoms with Gasteiger partial charge in [-0.2, -0.15) is 5.10 Å². The number of carbonyl (C=O) groups excluding carboxylic acids is 3. The Kier molecular flexibility index (Phi) is 8.82. The summed E-state index contributed by atoms with van der Waals surface area (Å²) in [4.78, 5) is 51.1. The van der Waals surface area contributed by atoms with Crippen LogP contribution in [0.5, 0.6) is 0 Å². The Morgan fingerprint density at radius 2 is 1.54 bits per heavy atom. The van der Waals surface area contributed by atoms with Gasteiger partial charge in [-0.3, -0.25) is 14.7 Å². The first-order valence-corrected chi connectivity index (χ1v) is 16.6. The van der Waals surface area contributed by atoms with Crippen LogP contribution >= 0.6 is 0 Å². The average molecular weight is 611 g/mol. The molecule has 1 N–H and O–H groups in total. The minimum Gasteiger partial charge on any atom is -0.461 e. The van der Waals surface area contributed by atoms with Crippen molar-refractivity contribution in [2.24, 2.45) is 5.10 Å². The van der Waals surface area contributed by atoms with Crippen molar-refractivity contribution in [1.29, 1.82) is 0 Å². The van der Waals surface area contributed by atoms with Gasteiger partial charge in [0.05, 0.1) is 59.4 Å². The lowest BCUT2D eigenvalue weighted by molar-refractivity contribution is -0.135. The predicted molar refractivity (Wildman–Crippen MR) is 148 cm³/mol. The summed E-state index contributed by atoms with van der Waals surface area (Å²) >= 11 is 0. The molecule has 2 atom stereocenters. The van der Waals surface area contributed by atoms with Crippen molar-refractivity contribution in [2.75, 3.05) is 36.2 Å². The van der Waals surface area contributed by atoms with Crippen LogP contribution in [0.1, 0.15) is 48.8 Å². The highest BCUT2D eigenvalue weighted by molar-refractivity contribution is 7.91. The summed E-state index contributed by atoms with van der Waals surface area (Å²) in [5.74, 6) is -2.89. The molecule has 0 bridgehead atoms. The molecule has 4 heterocycles. The molecule has 2 unspecified atom stereocenters. The molecule has 1 aromatic rings. The molecule has 222 valence electrons. The van der Waals surface area contributed by atoms with E-state index < -0.39 is 55.2 Å². The largest absolute Gasteiger partial charge is 0.461 e. The zero-order valence-electron chi connectivity index (χ0n) is 22.4. The van der Waals surface area contributed by atoms with Gasteiger partial charge in [0.15, 0.2) is 31.1 Å². The molecule has 1 amide bonds. The van der Waals surface area contributed by atoms with E-state index in [9.17, 15) is 36.0 Å². The standard InChI is InChI=1S/C25H30N4O10S2/c1-3-38-24(32)20-18(22(30)28(26-20)16-10-12-40(34,35)14-16)8-6-5-7-9-19-21(25(33)39-4-2)27-29(23(19)31)17-11-13-41(36,37)15-17/h5-9,16-17,26H,3-4,10-15H2,1-2H3. The third-order valence-corrected chi connectivity index (χ3v) is 10.2. The van der Waals surface area contributed by atoms with Crippen molar-refractivity contribution in [3.05, 3.63) is 51.5 Å². The Bertz CT molecular complexity index is 1640. The van der Waals surface area contributed by atoms with Crippen molar-refractivity contribution in [2.45, 2.75) is 38.8 Å². The summed E-state index contributed by atoms with van der Waals surface area (Å²) < 4.78 is 58.8. The lowest BCUT2D eigenvalue weighted by atomic mass is 10.1. The number of amides is 1. The second kappa shape index (κ2) is 12.0. The number of hydrogen-bond donors (Lipinski definition) is 1. The first-order valence-electron chi connectivity index (χ1n) is 12.9. The third kappa shape index (κ3) is 6.59. The van der Waals surface area contributed by atoms with E-state index >= 15 is 0 Å². The van der Waals surface area contributed by atoms with Crippen LogP contribution in [0, 0.1) is 0 Å². The van der Waals surface area contributed by atoms with Crippen molar-refractivity contribution < 1.29 is 40.7 Å². The van der Waals surface area contributed by atoms with Crippen LogP contribution in [0.25, 0.3) is 6.08 Å². The lowest BCUT2D eigenvalue weighted by Gasteiger charge is -2.17. The van der Waals surface area contributed by atoms with Gasteiger partial charge in [0, 0.05) is 0 Å². The molecule has 1 aromatic heterocycles. The number of esters is 2. The van der Waals surface area contributed by atoms with Gasteiger partial charge < -0.3 is 9.47 Å². The number of hydrogen-bond acceptors (Lipinski definition) is 11. The molecule has 16 heteroatoms. The molecule has 41 heavy (non-hydrogen) atoms. The molecule has 0 aromatic carbocycles. The van der Waals surface area contributed by atoms with Crippen LogP contribution < -0.4 is 5.56 Å². The summed E-state index contributed by atoms with van der Waals surface area (Å²) in [5.41, 5.74) is -1.10. The van der Waals surface area contributed by atoms with Gasteiger partial charge in [-0.1, -0.05) is 18.2 Å². The maximum Gasteiger partial charge on any atom is 0.359 e. The molecule has 14 nitrogen and oxygen atoms in total. The summed E-state index contributed by atoms with van der Waals surface area (Å²) in [7, 11) is -6.61. The second-order valence-corrected chi connectivity index (χ2v) is 14.0. The van der Waals surface area contributed by atoms with Gasteiger partial charge in [-0.05, 0) is 38.8 Å². The van der Waals surface area contributed by atoms with Crippen LogP contribution in [0.2, 0.25) is 0 Å². The quantitative estimate of drug-likeness (QED) is 0.229. The fraction of sp³-hybridized carbons (Fsp3) is 0.480. The molecule has 3 aliphatic heterocycles. The summed E-state index contributed by atoms with van der Waals surface area (Å²) in [5, 5.41) is 7.77. The Morgan fingerprint density at radius 3 is 2.12 bits per heavy atom. The van der Waals surface area contributed by atoms with Gasteiger partial charge in [0.1, 0.15) is 0 Å². The summed E-state index contributed by atoms with van der Waals surface area (Å²) in [6, 6.07) is -1.34. The van der Waals surface area contributed by atoms with Crippen molar-refractivity contribution in [1.82, 2.24) is 14.8 Å². The van der Waals surface area contributed by atoms with Crippen LogP contribution in [-0.4, -0.2) is 97.4 Å². The Morgan fingerprint density at radius 1 is 0.927 bits per heavy atom. The van der Waals surface area contributed by atoms with Crippen molar-refractivity contribution in [3.63, 3.8) is 0 Å². The van der Waals surface area contributed by atoms with E-state index in [0.29, 0.717) is 0 Å². The van der Waals surface area contributed by atoms with Crippen LogP contribution in [0.4, 0.5) is 0 Å². The fourth-order valence-electron chi connectivity index (χ4n) is 4.73. The molecule has 2 saturated heterocycles. The molecule has 0 spiro atoms. The topological polar surface area (TPSA) is 191 Å². The molecule has 2 fully saturated rings. The average Bonchev–Trinajstić information content (AvgIpc) is 3.63. The molecule has 0 radical (unpaired) electrons. The number of sulfone groups is 2. The number of rotatable bonds is 9. The monoisotopic (exact) mass is 610 g/mol. The molecular formula is C25H30N4O10S2. The maximum atomic E-state index is 13.1. The number of H-pyrrole nitrogens is 1. The highest BCUT2D eigenvalue weighted by Gasteiger charge is 2.42. The van der Waals surface area contributed by atoms with E-state index in [-0.39, 0.29) is 71.6 Å². The van der Waals surface area contributed by atoms with Crippen LogP contribution in [-0.2, 0) is 38.7 Å². The normalized spacial score (nSPS) is 24.5. The smallest absolute Gasteiger partial charge is 0.359 e. The molecule has 0 saturated carbocycles. The van der Waals surface area contributed by atoms with Crippen molar-refractivity contribution in [3.8, 4) is 0 Å². The third-order valence-electron chi connectivity index (χ3n) is 6.68. The minimum atomic E-state index is -3.31. The fourth-order valence-corrected chi connectivity index (χ4v) is 8.13. The highest BCUT2D eigenvalue weighted by Crippen LogP contribution is 2.26. The first-order chi connectivity index (χ1) is 19.4. The van der Waals surface area contributed by atoms with E-state index in [1.54, 1.807) is 13.8 Å². The summed E-state index contributed by atoms with van der Waals surface area (Å²) in [6.45, 7) is 3.30. The molecule has 0 aliphatic carbocycles. The number of nitrogens with zero attached hydrogens (tertiary/aromatic N) is 3. The van der Waals surface area contributed by atoms with E-state index in [2.05, 4.69) is 10.2 Å². The van der Waals surface area contributed by atoms with Crippen LogP contribution in [0.15, 0.2) is 39.8 Å². The van der Waals surface area contributed by atoms with E-state index in [1.807, 2.05) is 0 Å². The zero-order valence-corrected chi connectivity index (χ0v) is 24.1. The van der Waals surface area contributed by atoms with Gasteiger partial charge in [-0.25, -0.2) is 36.1 Å². The predicted octanol–water partition coefficient (Wildman–Crippen LogP) is 0.157. The first kappa shape index (κ1) is 30.2. The Labute approximate surface area is 236 Å². The van der Waals surface area contributed by atoms with Crippen LogP contribution in [0.3, 0.4) is 0 Å². The Hall–Kier alpha value is -3.79. The number of aromatic amines is 1. The zero-order chi connectivity index (χ0) is 29.9. The van der Waals surface area contributed by atoms with E-state index in [0.717, 1.165) is 9.69 Å². The SMILES string of the molecule is CCOC(=O)C1=NN(C2CCS(=O)(=O)C2)C(=O)C1=CC=CC=Cc1c(C(=O)OCC)[nH]n(C2CCS(=O)(=O)C2)c1=O. The number of aromatic nitrogens is 2. The number of allylic oxidation sites excluding steroid dienone is 4. The second-order valence-electron chi connectivity index (χ2n) is 9.55. The summed E-state index contributed by atoms with van der Waals surface area (Å²) in [6.07, 6.45) is 7.35. The number of carbonyl (C=O) groups is 3. The van der Waals surface area contributed by atoms with Gasteiger partial charge >= 0.3 is 11.9 Å². The van der Waals surface area contributed by atoms with Gasteiger partial charge in [0.25, 0.3) is 11.5 Å². The number of hydrazone groups is 1. The lowest BCUT2D eigenvalue weighted by Crippen LogP contribution is -2.34.